The molecule has 1 aliphatic carbocycles. The van der Waals surface area contributed by atoms with Gasteiger partial charge in [0.1, 0.15) is 5.92 Å². The van der Waals surface area contributed by atoms with E-state index < -0.39 is 17.3 Å². The van der Waals surface area contributed by atoms with Crippen molar-refractivity contribution in [3.05, 3.63) is 0 Å². The maximum Gasteiger partial charge on any atom is 0.316 e. The molecular formula is C14H25NO3. The lowest BCUT2D eigenvalue weighted by molar-refractivity contribution is -0.151. The van der Waals surface area contributed by atoms with Gasteiger partial charge in [-0.1, -0.05) is 34.1 Å². The van der Waals surface area contributed by atoms with E-state index in [9.17, 15) is 14.7 Å². The summed E-state index contributed by atoms with van der Waals surface area (Å²) in [6, 6.07) is 0. The zero-order valence-electron chi connectivity index (χ0n) is 11.9. The van der Waals surface area contributed by atoms with Crippen LogP contribution < -0.4 is 5.32 Å². The SMILES string of the molecule is CCC1(CNC(=O)C(C(=O)O)C(C)(C)C)CCC1. The molecule has 0 bridgehead atoms. The minimum atomic E-state index is -1.04. The first kappa shape index (κ1) is 15.0. The quantitative estimate of drug-likeness (QED) is 0.741. The number of carbonyl (C=O) groups is 2. The summed E-state index contributed by atoms with van der Waals surface area (Å²) in [5.41, 5.74) is -0.342. The molecule has 0 heterocycles. The molecule has 0 saturated heterocycles. The molecule has 0 aliphatic heterocycles. The van der Waals surface area contributed by atoms with Crippen LogP contribution in [-0.4, -0.2) is 23.5 Å². The predicted octanol–water partition coefficient (Wildman–Crippen LogP) is 2.43. The number of amides is 1. The largest absolute Gasteiger partial charge is 0.481 e. The fourth-order valence-electron chi connectivity index (χ4n) is 2.58. The molecule has 0 aromatic rings. The van der Waals surface area contributed by atoms with Gasteiger partial charge in [0.15, 0.2) is 0 Å². The van der Waals surface area contributed by atoms with E-state index in [1.807, 2.05) is 0 Å². The molecule has 18 heavy (non-hydrogen) atoms. The molecule has 4 nitrogen and oxygen atoms in total. The molecule has 104 valence electrons. The van der Waals surface area contributed by atoms with Gasteiger partial charge in [0.2, 0.25) is 5.91 Å². The number of nitrogens with one attached hydrogen (secondary N) is 1. The average Bonchev–Trinajstić information content (AvgIpc) is 2.13. The third-order valence-corrected chi connectivity index (χ3v) is 4.18. The van der Waals surface area contributed by atoms with Gasteiger partial charge in [-0.2, -0.15) is 0 Å². The van der Waals surface area contributed by atoms with Gasteiger partial charge in [-0.25, -0.2) is 0 Å². The first-order valence-electron chi connectivity index (χ1n) is 6.72. The summed E-state index contributed by atoms with van der Waals surface area (Å²) >= 11 is 0. The lowest BCUT2D eigenvalue weighted by atomic mass is 9.67. The van der Waals surface area contributed by atoms with Crippen molar-refractivity contribution in [2.24, 2.45) is 16.7 Å². The summed E-state index contributed by atoms with van der Waals surface area (Å²) in [6.07, 6.45) is 4.53. The van der Waals surface area contributed by atoms with E-state index >= 15 is 0 Å². The van der Waals surface area contributed by atoms with Crippen LogP contribution in [0.15, 0.2) is 0 Å². The van der Waals surface area contributed by atoms with E-state index in [0.717, 1.165) is 19.3 Å². The van der Waals surface area contributed by atoms with Crippen molar-refractivity contribution in [1.29, 1.82) is 0 Å². The Hall–Kier alpha value is -1.06. The van der Waals surface area contributed by atoms with Gasteiger partial charge >= 0.3 is 5.97 Å². The fraction of sp³-hybridized carbons (Fsp3) is 0.857. The molecule has 0 radical (unpaired) electrons. The molecule has 1 aliphatic rings. The van der Waals surface area contributed by atoms with Crippen molar-refractivity contribution in [3.63, 3.8) is 0 Å². The van der Waals surface area contributed by atoms with E-state index in [-0.39, 0.29) is 11.3 Å². The second-order valence-electron chi connectivity index (χ2n) is 6.56. The molecule has 1 amide bonds. The van der Waals surface area contributed by atoms with Gasteiger partial charge in [0, 0.05) is 6.54 Å². The summed E-state index contributed by atoms with van der Waals surface area (Å²) < 4.78 is 0. The summed E-state index contributed by atoms with van der Waals surface area (Å²) in [5.74, 6) is -2.37. The number of carbonyl (C=O) groups excluding carboxylic acids is 1. The van der Waals surface area contributed by atoms with E-state index in [1.54, 1.807) is 20.8 Å². The summed E-state index contributed by atoms with van der Waals surface area (Å²) in [5, 5.41) is 12.0. The standard InChI is InChI=1S/C14H25NO3/c1-5-14(7-6-8-14)9-15-11(16)10(12(17)18)13(2,3)4/h10H,5-9H2,1-4H3,(H,15,16)(H,17,18). The lowest BCUT2D eigenvalue weighted by Gasteiger charge is -2.41. The third kappa shape index (κ3) is 3.24. The third-order valence-electron chi connectivity index (χ3n) is 4.18. The molecule has 1 atom stereocenters. The van der Waals surface area contributed by atoms with Crippen LogP contribution in [0.4, 0.5) is 0 Å². The normalized spacial score (nSPS) is 19.8. The minimum Gasteiger partial charge on any atom is -0.481 e. The summed E-state index contributed by atoms with van der Waals surface area (Å²) in [6.45, 7) is 8.09. The average molecular weight is 255 g/mol. The van der Waals surface area contributed by atoms with Gasteiger partial charge in [-0.15, -0.1) is 0 Å². The van der Waals surface area contributed by atoms with Crippen molar-refractivity contribution in [3.8, 4) is 0 Å². The number of aliphatic carboxylic acids is 1. The molecule has 4 heteroatoms. The zero-order valence-corrected chi connectivity index (χ0v) is 11.9. The highest BCUT2D eigenvalue weighted by Crippen LogP contribution is 2.43. The Labute approximate surface area is 109 Å². The van der Waals surface area contributed by atoms with Crippen LogP contribution in [-0.2, 0) is 9.59 Å². The molecule has 1 saturated carbocycles. The predicted molar refractivity (Wildman–Crippen MR) is 70.2 cm³/mol. The Balaban J connectivity index is 2.60. The fourth-order valence-corrected chi connectivity index (χ4v) is 2.58. The Morgan fingerprint density at radius 2 is 1.89 bits per heavy atom. The Morgan fingerprint density at radius 3 is 2.17 bits per heavy atom. The minimum absolute atomic E-state index is 0.219. The van der Waals surface area contributed by atoms with Gasteiger partial charge in [-0.3, -0.25) is 9.59 Å². The van der Waals surface area contributed by atoms with Crippen LogP contribution in [0.1, 0.15) is 53.4 Å². The summed E-state index contributed by atoms with van der Waals surface area (Å²) in [4.78, 5) is 23.2. The monoisotopic (exact) mass is 255 g/mol. The van der Waals surface area contributed by atoms with Crippen LogP contribution in [0, 0.1) is 16.7 Å². The molecular weight excluding hydrogens is 230 g/mol. The molecule has 0 aromatic heterocycles. The number of rotatable bonds is 5. The van der Waals surface area contributed by atoms with E-state index in [1.165, 1.54) is 6.42 Å². The van der Waals surface area contributed by atoms with Crippen LogP contribution >= 0.6 is 0 Å². The van der Waals surface area contributed by atoms with Crippen molar-refractivity contribution >= 4 is 11.9 Å². The van der Waals surface area contributed by atoms with E-state index in [4.69, 9.17) is 0 Å². The van der Waals surface area contributed by atoms with Crippen molar-refractivity contribution in [1.82, 2.24) is 5.32 Å². The van der Waals surface area contributed by atoms with Crippen LogP contribution in [0.25, 0.3) is 0 Å². The maximum atomic E-state index is 12.0. The number of carboxylic acids is 1. The van der Waals surface area contributed by atoms with Crippen molar-refractivity contribution in [2.75, 3.05) is 6.54 Å². The Kier molecular flexibility index (Phi) is 4.41. The highest BCUT2D eigenvalue weighted by atomic mass is 16.4. The lowest BCUT2D eigenvalue weighted by Crippen LogP contribution is -2.48. The number of carboxylic acid groups (broad SMARTS) is 1. The highest BCUT2D eigenvalue weighted by Gasteiger charge is 2.40. The van der Waals surface area contributed by atoms with Gasteiger partial charge in [-0.05, 0) is 30.1 Å². The molecule has 1 fully saturated rings. The van der Waals surface area contributed by atoms with Crippen LogP contribution in [0.5, 0.6) is 0 Å². The van der Waals surface area contributed by atoms with E-state index in [2.05, 4.69) is 12.2 Å². The molecule has 2 N–H and O–H groups in total. The van der Waals surface area contributed by atoms with Gasteiger partial charge in [0.05, 0.1) is 0 Å². The molecule has 1 rings (SSSR count). The van der Waals surface area contributed by atoms with Crippen LogP contribution in [0.2, 0.25) is 0 Å². The highest BCUT2D eigenvalue weighted by molar-refractivity contribution is 5.97. The van der Waals surface area contributed by atoms with Crippen LogP contribution in [0.3, 0.4) is 0 Å². The topological polar surface area (TPSA) is 66.4 Å². The number of hydrogen-bond donors (Lipinski definition) is 2. The zero-order chi connectivity index (χ0) is 14.0. The number of hydrogen-bond acceptors (Lipinski definition) is 2. The smallest absolute Gasteiger partial charge is 0.316 e. The second-order valence-corrected chi connectivity index (χ2v) is 6.56. The second kappa shape index (κ2) is 5.29. The first-order valence-corrected chi connectivity index (χ1v) is 6.72. The Morgan fingerprint density at radius 1 is 1.33 bits per heavy atom. The maximum absolute atomic E-state index is 12.0. The van der Waals surface area contributed by atoms with Crippen molar-refractivity contribution < 1.29 is 14.7 Å². The molecule has 1 unspecified atom stereocenters. The molecule has 0 aromatic carbocycles. The van der Waals surface area contributed by atoms with Crippen molar-refractivity contribution in [2.45, 2.75) is 53.4 Å². The summed E-state index contributed by atoms with van der Waals surface area (Å²) in [7, 11) is 0. The first-order chi connectivity index (χ1) is 8.22. The molecule has 0 spiro atoms. The Bertz CT molecular complexity index is 321. The van der Waals surface area contributed by atoms with Gasteiger partial charge < -0.3 is 10.4 Å². The van der Waals surface area contributed by atoms with E-state index in [0.29, 0.717) is 6.54 Å². The van der Waals surface area contributed by atoms with Gasteiger partial charge in [0.25, 0.3) is 0 Å².